The molecule has 1 saturated heterocycles. The Morgan fingerprint density at radius 3 is 2.65 bits per heavy atom. The van der Waals surface area contributed by atoms with Gasteiger partial charge in [0.05, 0.1) is 18.3 Å². The monoisotopic (exact) mass is 424 g/mol. The largest absolute Gasteiger partial charge is 0.396 e. The highest BCUT2D eigenvalue weighted by Gasteiger charge is 2.59. The van der Waals surface area contributed by atoms with Gasteiger partial charge in [-0.2, -0.15) is 0 Å². The Bertz CT molecular complexity index is 974. The van der Waals surface area contributed by atoms with Gasteiger partial charge in [0.1, 0.15) is 6.10 Å². The number of benzene rings is 2. The van der Waals surface area contributed by atoms with E-state index < -0.39 is 17.6 Å². The van der Waals surface area contributed by atoms with Gasteiger partial charge in [0, 0.05) is 23.8 Å². The Kier molecular flexibility index (Phi) is 5.83. The molecule has 2 amide bonds. The van der Waals surface area contributed by atoms with Gasteiger partial charge in [0.2, 0.25) is 0 Å². The number of ether oxygens (including phenoxy) is 1. The molecular weight excluding hydrogens is 396 g/mol. The lowest BCUT2D eigenvalue weighted by Gasteiger charge is -2.28. The van der Waals surface area contributed by atoms with Crippen LogP contribution in [0.15, 0.2) is 48.5 Å². The maximum absolute atomic E-state index is 13.7. The topological polar surface area (TPSA) is 99.1 Å². The van der Waals surface area contributed by atoms with Crippen molar-refractivity contribution in [3.05, 3.63) is 59.7 Å². The second-order valence-electron chi connectivity index (χ2n) is 8.40. The third-order valence-electron chi connectivity index (χ3n) is 6.21. The van der Waals surface area contributed by atoms with Crippen molar-refractivity contribution in [2.24, 2.45) is 5.92 Å². The van der Waals surface area contributed by atoms with E-state index in [-0.39, 0.29) is 24.5 Å². The van der Waals surface area contributed by atoms with E-state index in [0.29, 0.717) is 18.7 Å². The van der Waals surface area contributed by atoms with Crippen molar-refractivity contribution in [1.29, 1.82) is 0 Å². The zero-order valence-corrected chi connectivity index (χ0v) is 17.7. The first-order chi connectivity index (χ1) is 14.9. The average molecular weight is 424 g/mol. The van der Waals surface area contributed by atoms with Crippen LogP contribution < -0.4 is 10.2 Å². The van der Waals surface area contributed by atoms with Crippen molar-refractivity contribution in [2.75, 3.05) is 16.8 Å². The van der Waals surface area contributed by atoms with E-state index in [4.69, 9.17) is 4.74 Å². The molecule has 0 aliphatic carbocycles. The first-order valence-corrected chi connectivity index (χ1v) is 10.6. The zero-order chi connectivity index (χ0) is 22.2. The summed E-state index contributed by atoms with van der Waals surface area (Å²) in [5.41, 5.74) is 2.21. The van der Waals surface area contributed by atoms with Crippen molar-refractivity contribution >= 4 is 23.2 Å². The number of anilines is 2. The summed E-state index contributed by atoms with van der Waals surface area (Å²) in [4.78, 5) is 27.1. The molecule has 4 rings (SSSR count). The number of fused-ring (bicyclic) bond motifs is 2. The molecule has 0 saturated carbocycles. The minimum Gasteiger partial charge on any atom is -0.396 e. The maximum Gasteiger partial charge on any atom is 0.264 e. The van der Waals surface area contributed by atoms with E-state index in [1.807, 2.05) is 43.3 Å². The van der Waals surface area contributed by atoms with Crippen LogP contribution in [-0.2, 0) is 26.5 Å². The van der Waals surface area contributed by atoms with Gasteiger partial charge in [0.15, 0.2) is 5.60 Å². The zero-order valence-electron chi connectivity index (χ0n) is 17.7. The molecule has 31 heavy (non-hydrogen) atoms. The molecule has 164 valence electrons. The Labute approximate surface area is 181 Å². The van der Waals surface area contributed by atoms with Crippen LogP contribution in [0.1, 0.15) is 37.8 Å². The van der Waals surface area contributed by atoms with Crippen molar-refractivity contribution in [2.45, 2.75) is 51.0 Å². The number of carbonyl (C=O) groups excluding carboxylic acids is 2. The lowest BCUT2D eigenvalue weighted by molar-refractivity contribution is -0.146. The molecule has 4 atom stereocenters. The fraction of sp³-hybridized carbons (Fsp3) is 0.417. The fourth-order valence-electron chi connectivity index (χ4n) is 4.63. The number of hydrogen-bond donors (Lipinski definition) is 3. The van der Waals surface area contributed by atoms with Gasteiger partial charge >= 0.3 is 0 Å². The standard InChI is InChI=1S/C24H28N2O5/c1-15-13-19(11-12-27)31-24(15)20-5-3-4-6-21(20)26(23(24)30)14-17-7-9-18(10-8-17)25-22(29)16(2)28/h3-10,15-16,19,27-28H,11-14H2,1-2H3,(H,25,29)/t15-,16-,19+,24+/m0/s1. The Morgan fingerprint density at radius 1 is 1.26 bits per heavy atom. The number of aliphatic hydroxyl groups excluding tert-OH is 2. The second kappa shape index (κ2) is 8.42. The molecule has 7 heteroatoms. The van der Waals surface area contributed by atoms with Crippen LogP contribution in [0, 0.1) is 5.92 Å². The number of hydrogen-bond acceptors (Lipinski definition) is 5. The predicted octanol–water partition coefficient (Wildman–Crippen LogP) is 2.56. The molecule has 2 aliphatic heterocycles. The van der Waals surface area contributed by atoms with Crippen LogP contribution in [-0.4, -0.2) is 40.8 Å². The molecule has 0 unspecified atom stereocenters. The Balaban J connectivity index is 1.59. The average Bonchev–Trinajstić information content (AvgIpc) is 3.20. The fourth-order valence-corrected chi connectivity index (χ4v) is 4.63. The molecule has 0 aromatic heterocycles. The first-order valence-electron chi connectivity index (χ1n) is 10.6. The summed E-state index contributed by atoms with van der Waals surface area (Å²) < 4.78 is 6.33. The molecular formula is C24H28N2O5. The van der Waals surface area contributed by atoms with Crippen molar-refractivity contribution < 1.29 is 24.5 Å². The minimum absolute atomic E-state index is 0.000703. The Morgan fingerprint density at radius 2 is 1.97 bits per heavy atom. The van der Waals surface area contributed by atoms with E-state index in [0.717, 1.165) is 23.2 Å². The molecule has 1 spiro atoms. The quantitative estimate of drug-likeness (QED) is 0.662. The molecule has 2 aliphatic rings. The summed E-state index contributed by atoms with van der Waals surface area (Å²) >= 11 is 0. The van der Waals surface area contributed by atoms with Gasteiger partial charge < -0.3 is 25.2 Å². The molecule has 2 heterocycles. The van der Waals surface area contributed by atoms with Crippen LogP contribution in [0.2, 0.25) is 0 Å². The number of para-hydroxylation sites is 1. The van der Waals surface area contributed by atoms with Gasteiger partial charge in [-0.15, -0.1) is 0 Å². The van der Waals surface area contributed by atoms with Crippen LogP contribution in [0.3, 0.4) is 0 Å². The Hall–Kier alpha value is -2.74. The summed E-state index contributed by atoms with van der Waals surface area (Å²) in [5, 5.41) is 21.3. The first kappa shape index (κ1) is 21.5. The normalized spacial score (nSPS) is 25.7. The number of carbonyl (C=O) groups is 2. The summed E-state index contributed by atoms with van der Waals surface area (Å²) in [6.07, 6.45) is 0.0132. The highest BCUT2D eigenvalue weighted by Crippen LogP contribution is 2.53. The lowest BCUT2D eigenvalue weighted by Crippen LogP contribution is -2.43. The molecule has 0 radical (unpaired) electrons. The highest BCUT2D eigenvalue weighted by molar-refractivity contribution is 6.07. The third kappa shape index (κ3) is 3.73. The minimum atomic E-state index is -1.09. The molecule has 1 fully saturated rings. The third-order valence-corrected chi connectivity index (χ3v) is 6.21. The van der Waals surface area contributed by atoms with Crippen LogP contribution in [0.25, 0.3) is 0 Å². The van der Waals surface area contributed by atoms with Gasteiger partial charge in [-0.05, 0) is 43.5 Å². The van der Waals surface area contributed by atoms with Gasteiger partial charge in [0.25, 0.3) is 11.8 Å². The lowest BCUT2D eigenvalue weighted by atomic mass is 9.83. The number of aliphatic hydroxyl groups is 2. The predicted molar refractivity (Wildman–Crippen MR) is 116 cm³/mol. The molecule has 0 bridgehead atoms. The SMILES string of the molecule is C[C@H](O)C(=O)Nc1ccc(CN2C(=O)[C@]3(O[C@H](CCO)C[C@@H]3C)c3ccccc32)cc1. The van der Waals surface area contributed by atoms with E-state index in [1.165, 1.54) is 6.92 Å². The van der Waals surface area contributed by atoms with Gasteiger partial charge in [-0.25, -0.2) is 0 Å². The maximum atomic E-state index is 13.7. The molecule has 7 nitrogen and oxygen atoms in total. The number of nitrogens with one attached hydrogen (secondary N) is 1. The van der Waals surface area contributed by atoms with E-state index in [9.17, 15) is 19.8 Å². The second-order valence-corrected chi connectivity index (χ2v) is 8.40. The molecule has 2 aromatic rings. The van der Waals surface area contributed by atoms with E-state index in [1.54, 1.807) is 17.0 Å². The van der Waals surface area contributed by atoms with Crippen LogP contribution in [0.5, 0.6) is 0 Å². The van der Waals surface area contributed by atoms with Gasteiger partial charge in [-0.1, -0.05) is 37.3 Å². The highest BCUT2D eigenvalue weighted by atomic mass is 16.5. The van der Waals surface area contributed by atoms with Crippen LogP contribution in [0.4, 0.5) is 11.4 Å². The smallest absolute Gasteiger partial charge is 0.264 e. The summed E-state index contributed by atoms with van der Waals surface area (Å²) in [6.45, 7) is 3.86. The number of amides is 2. The van der Waals surface area contributed by atoms with Crippen molar-refractivity contribution in [1.82, 2.24) is 0 Å². The van der Waals surface area contributed by atoms with Gasteiger partial charge in [-0.3, -0.25) is 9.59 Å². The molecule has 3 N–H and O–H groups in total. The number of nitrogens with zero attached hydrogens (tertiary/aromatic N) is 1. The summed E-state index contributed by atoms with van der Waals surface area (Å²) in [7, 11) is 0. The van der Waals surface area contributed by atoms with Crippen LogP contribution >= 0.6 is 0 Å². The summed E-state index contributed by atoms with van der Waals surface area (Å²) in [6, 6.07) is 14.9. The van der Waals surface area contributed by atoms with E-state index >= 15 is 0 Å². The van der Waals surface area contributed by atoms with Crippen molar-refractivity contribution in [3.8, 4) is 0 Å². The molecule has 2 aromatic carbocycles. The summed E-state index contributed by atoms with van der Waals surface area (Å²) in [5.74, 6) is -0.544. The van der Waals surface area contributed by atoms with E-state index in [2.05, 4.69) is 5.32 Å². The number of rotatable bonds is 6. The van der Waals surface area contributed by atoms with Crippen molar-refractivity contribution in [3.63, 3.8) is 0 Å².